The highest BCUT2D eigenvalue weighted by molar-refractivity contribution is 6.92. The van der Waals surface area contributed by atoms with E-state index in [1.807, 2.05) is 0 Å². The highest BCUT2D eigenvalue weighted by Gasteiger charge is 2.48. The van der Waals surface area contributed by atoms with Gasteiger partial charge in [-0.2, -0.15) is 0 Å². The van der Waals surface area contributed by atoms with Gasteiger partial charge in [-0.05, 0) is 126 Å². The number of hydrogen-bond acceptors (Lipinski definition) is 2. The fourth-order valence-electron chi connectivity index (χ4n) is 14.7. The van der Waals surface area contributed by atoms with Crippen LogP contribution in [0.2, 0.25) is 0 Å². The van der Waals surface area contributed by atoms with Gasteiger partial charge >= 0.3 is 13.7 Å². The molecule has 0 aliphatic carbocycles. The first-order chi connectivity index (χ1) is 39.8. The first kappa shape index (κ1) is 43.8. The SMILES string of the molecule is c1ccc(-c2ccc(-c3ccc4c5c3-c3cccc6c3n(c3c7cccc8c7n(c63)B3c6ccccc6N(c6ccccc6)c6ccc(-c7ccc(-c9ccccc9)cc7)c-8c63)B5c3ccccc3N4c3ccccc3)cc2)cc1. The van der Waals surface area contributed by atoms with Crippen molar-refractivity contribution in [2.24, 2.45) is 0 Å². The Hall–Kier alpha value is -10.3. The normalized spacial score (nSPS) is 13.2. The number of benzene rings is 12. The number of nitrogens with zero attached hydrogens (tertiary/aromatic N) is 4. The molecule has 368 valence electrons. The smallest absolute Gasteiger partial charge is 0.333 e. The second kappa shape index (κ2) is 16.6. The van der Waals surface area contributed by atoms with Gasteiger partial charge in [-0.15, -0.1) is 0 Å². The Labute approximate surface area is 464 Å². The average molecular weight is 1010 g/mol. The predicted octanol–water partition coefficient (Wildman–Crippen LogP) is 16.3. The Kier molecular flexibility index (Phi) is 9.09. The van der Waals surface area contributed by atoms with E-state index in [1.54, 1.807) is 0 Å². The molecule has 0 saturated heterocycles. The first-order valence-electron chi connectivity index (χ1n) is 27.9. The topological polar surface area (TPSA) is 16.3 Å². The summed E-state index contributed by atoms with van der Waals surface area (Å²) in [6.07, 6.45) is 0. The molecule has 0 atom stereocenters. The van der Waals surface area contributed by atoms with Crippen molar-refractivity contribution in [3.05, 3.63) is 279 Å². The van der Waals surface area contributed by atoms with Gasteiger partial charge in [0.05, 0.1) is 11.0 Å². The second-order valence-corrected chi connectivity index (χ2v) is 21.8. The molecule has 2 aromatic heterocycles. The Bertz CT molecular complexity index is 4560. The van der Waals surface area contributed by atoms with E-state index >= 15 is 0 Å². The summed E-state index contributed by atoms with van der Waals surface area (Å²) in [6.45, 7) is -0.274. The van der Waals surface area contributed by atoms with Crippen molar-refractivity contribution in [2.75, 3.05) is 9.80 Å². The Morgan fingerprint density at radius 3 is 0.988 bits per heavy atom. The van der Waals surface area contributed by atoms with Gasteiger partial charge < -0.3 is 18.8 Å². The predicted molar refractivity (Wildman–Crippen MR) is 338 cm³/mol. The highest BCUT2D eigenvalue weighted by atomic mass is 15.2. The van der Waals surface area contributed by atoms with Crippen LogP contribution in [0.15, 0.2) is 279 Å². The van der Waals surface area contributed by atoms with E-state index < -0.39 is 0 Å². The quantitative estimate of drug-likeness (QED) is 0.154. The summed E-state index contributed by atoms with van der Waals surface area (Å²) in [5, 5.41) is 2.54. The van der Waals surface area contributed by atoms with Crippen molar-refractivity contribution >= 4 is 103 Å². The number of para-hydroxylation sites is 6. The molecule has 4 aliphatic heterocycles. The highest BCUT2D eigenvalue weighted by Crippen LogP contribution is 2.53. The fourth-order valence-corrected chi connectivity index (χ4v) is 14.7. The van der Waals surface area contributed by atoms with E-state index in [2.05, 4.69) is 298 Å². The van der Waals surface area contributed by atoms with E-state index in [-0.39, 0.29) is 13.7 Å². The van der Waals surface area contributed by atoms with Gasteiger partial charge in [-0.1, -0.05) is 231 Å². The van der Waals surface area contributed by atoms with Crippen LogP contribution in [0.5, 0.6) is 0 Å². The number of rotatable bonds is 6. The van der Waals surface area contributed by atoms with Crippen LogP contribution in [0.25, 0.3) is 99.6 Å². The van der Waals surface area contributed by atoms with Crippen LogP contribution in [-0.4, -0.2) is 22.7 Å². The Morgan fingerprint density at radius 2 is 0.575 bits per heavy atom. The molecule has 0 radical (unpaired) electrons. The van der Waals surface area contributed by atoms with E-state index in [1.165, 1.54) is 144 Å². The third-order valence-corrected chi connectivity index (χ3v) is 17.9. The maximum Gasteiger partial charge on any atom is 0.333 e. The summed E-state index contributed by atoms with van der Waals surface area (Å²) < 4.78 is 5.56. The third-order valence-electron chi connectivity index (χ3n) is 17.9. The zero-order valence-corrected chi connectivity index (χ0v) is 43.5. The lowest BCUT2D eigenvalue weighted by Crippen LogP contribution is -2.56. The monoisotopic (exact) mass is 1010 g/mol. The van der Waals surface area contributed by atoms with E-state index in [0.29, 0.717) is 0 Å². The van der Waals surface area contributed by atoms with Gasteiger partial charge in [-0.25, -0.2) is 0 Å². The molecule has 4 nitrogen and oxygen atoms in total. The van der Waals surface area contributed by atoms with Crippen molar-refractivity contribution in [1.82, 2.24) is 8.96 Å². The number of hydrogen-bond donors (Lipinski definition) is 0. The minimum Gasteiger partial charge on any atom is -0.374 e. The number of aromatic nitrogens is 2. The maximum absolute atomic E-state index is 2.78. The standard InChI is InChI=1S/C74H46B2N4/c1-5-19-47(20-6-1)49-35-39-51(40-36-49)55-43-45-65-69-67(55)57-27-17-29-59-71(57)79(75(69)61-31-13-15-33-63(61)77(65)53-23-9-3-10-24-53)74-60-30-18-28-58-68-56(52-41-37-50(38-42-52)48-21-7-2-8-22-48)44-46-66-70(68)76(80(72(58)60)73(59)74)62-32-14-16-34-64(62)78(66)54-25-11-4-12-26-54/h1-46H. The van der Waals surface area contributed by atoms with Crippen molar-refractivity contribution in [3.8, 4) is 66.8 Å². The van der Waals surface area contributed by atoms with Crippen LogP contribution < -0.4 is 31.7 Å². The van der Waals surface area contributed by atoms with Gasteiger partial charge in [0, 0.05) is 67.1 Å². The van der Waals surface area contributed by atoms with E-state index in [4.69, 9.17) is 0 Å². The summed E-state index contributed by atoms with van der Waals surface area (Å²) in [5.74, 6) is 0. The van der Waals surface area contributed by atoms with Crippen LogP contribution in [-0.2, 0) is 0 Å². The van der Waals surface area contributed by atoms with Crippen molar-refractivity contribution < 1.29 is 0 Å². The molecule has 0 N–H and O–H groups in total. The van der Waals surface area contributed by atoms with Crippen LogP contribution in [0, 0.1) is 0 Å². The molecule has 0 spiro atoms. The molecule has 6 heteroatoms. The lowest BCUT2D eigenvalue weighted by molar-refractivity contribution is 1.25. The lowest BCUT2D eigenvalue weighted by Gasteiger charge is -2.41. The van der Waals surface area contributed by atoms with Crippen molar-refractivity contribution in [3.63, 3.8) is 0 Å². The molecule has 0 fully saturated rings. The molecule has 0 bridgehead atoms. The molecule has 14 aromatic rings. The van der Waals surface area contributed by atoms with Gasteiger partial charge in [-0.3, -0.25) is 0 Å². The van der Waals surface area contributed by atoms with Crippen LogP contribution in [0.1, 0.15) is 0 Å². The van der Waals surface area contributed by atoms with Crippen LogP contribution in [0.4, 0.5) is 34.1 Å². The second-order valence-electron chi connectivity index (χ2n) is 21.8. The summed E-state index contributed by atoms with van der Waals surface area (Å²) >= 11 is 0. The molecule has 18 rings (SSSR count). The van der Waals surface area contributed by atoms with Gasteiger partial charge in [0.25, 0.3) is 0 Å². The minimum absolute atomic E-state index is 0.137. The Morgan fingerprint density at radius 1 is 0.225 bits per heavy atom. The first-order valence-corrected chi connectivity index (χ1v) is 27.9. The molecule has 12 aromatic carbocycles. The molecule has 4 aliphatic rings. The van der Waals surface area contributed by atoms with E-state index in [9.17, 15) is 0 Å². The van der Waals surface area contributed by atoms with Gasteiger partial charge in [0.1, 0.15) is 0 Å². The molecule has 80 heavy (non-hydrogen) atoms. The third kappa shape index (κ3) is 5.91. The number of fused-ring (bicyclic) bond motifs is 13. The van der Waals surface area contributed by atoms with Crippen molar-refractivity contribution in [2.45, 2.75) is 0 Å². The summed E-state index contributed by atoms with van der Waals surface area (Å²) in [7, 11) is 0. The zero-order valence-electron chi connectivity index (χ0n) is 43.5. The molecule has 0 amide bonds. The summed E-state index contributed by atoms with van der Waals surface area (Å²) in [4.78, 5) is 5.02. The van der Waals surface area contributed by atoms with Gasteiger partial charge in [0.2, 0.25) is 0 Å². The van der Waals surface area contributed by atoms with E-state index in [0.717, 1.165) is 11.4 Å². The lowest BCUT2D eigenvalue weighted by atomic mass is 9.44. The Balaban J connectivity index is 0.957. The molecule has 0 saturated carbocycles. The van der Waals surface area contributed by atoms with Gasteiger partial charge in [0.15, 0.2) is 0 Å². The molecule has 0 unspecified atom stereocenters. The minimum atomic E-state index is -0.137. The molecular formula is C74H46B2N4. The van der Waals surface area contributed by atoms with Crippen LogP contribution >= 0.6 is 0 Å². The van der Waals surface area contributed by atoms with Crippen molar-refractivity contribution in [1.29, 1.82) is 0 Å². The summed E-state index contributed by atoms with van der Waals surface area (Å²) in [5.41, 5.74) is 32.3. The zero-order chi connectivity index (χ0) is 52.2. The van der Waals surface area contributed by atoms with Crippen LogP contribution in [0.3, 0.4) is 0 Å². The molecular weight excluding hydrogens is 966 g/mol. The maximum atomic E-state index is 2.78. The number of anilines is 6. The fraction of sp³-hybridized carbons (Fsp3) is 0. The molecule has 6 heterocycles. The average Bonchev–Trinajstić information content (AvgIpc) is 4.09. The largest absolute Gasteiger partial charge is 0.374 e. The summed E-state index contributed by atoms with van der Waals surface area (Å²) in [6, 6.07) is 104.